The van der Waals surface area contributed by atoms with Crippen molar-refractivity contribution in [2.24, 2.45) is 0 Å². The van der Waals surface area contributed by atoms with Crippen LogP contribution in [0.25, 0.3) is 16.6 Å². The lowest BCUT2D eigenvalue weighted by Crippen LogP contribution is -2.13. The van der Waals surface area contributed by atoms with Crippen molar-refractivity contribution in [2.75, 3.05) is 0 Å². The molecule has 0 aliphatic carbocycles. The minimum atomic E-state index is -0.494. The minimum absolute atomic E-state index is 0.0459. The Morgan fingerprint density at radius 2 is 1.89 bits per heavy atom. The Bertz CT molecular complexity index is 1270. The summed E-state index contributed by atoms with van der Waals surface area (Å²) in [6.45, 7) is 1.78. The summed E-state index contributed by atoms with van der Waals surface area (Å²) in [4.78, 5) is 16.3. The van der Waals surface area contributed by atoms with Gasteiger partial charge in [-0.05, 0) is 48.9 Å². The molecule has 0 fully saturated rings. The predicted octanol–water partition coefficient (Wildman–Crippen LogP) is 5.30. The first-order valence-corrected chi connectivity index (χ1v) is 8.96. The summed E-state index contributed by atoms with van der Waals surface area (Å²) in [5, 5.41) is 5.06. The first-order valence-electron chi connectivity index (χ1n) is 8.20. The first kappa shape index (κ1) is 18.4. The fraction of sp³-hybridized carbons (Fsp3) is 0.0500. The molecule has 0 aliphatic rings. The second-order valence-corrected chi connectivity index (χ2v) is 6.93. The van der Waals surface area contributed by atoms with Gasteiger partial charge in [-0.2, -0.15) is 4.98 Å². The molecule has 4 aromatic rings. The second kappa shape index (κ2) is 7.22. The van der Waals surface area contributed by atoms with E-state index in [1.807, 2.05) is 0 Å². The lowest BCUT2D eigenvalue weighted by molar-refractivity contribution is 0.419. The van der Waals surface area contributed by atoms with Gasteiger partial charge in [0.25, 0.3) is 5.56 Å². The molecule has 2 aromatic carbocycles. The van der Waals surface area contributed by atoms with Crippen LogP contribution in [0.5, 0.6) is 11.6 Å². The predicted molar refractivity (Wildman–Crippen MR) is 106 cm³/mol. The number of aryl methyl sites for hydroxylation is 1. The number of aromatic nitrogens is 3. The van der Waals surface area contributed by atoms with Gasteiger partial charge in [0.15, 0.2) is 11.6 Å². The molecular weight excluding hydrogens is 404 g/mol. The molecule has 140 valence electrons. The highest BCUT2D eigenvalue weighted by molar-refractivity contribution is 6.35. The van der Waals surface area contributed by atoms with Crippen LogP contribution in [0, 0.1) is 12.7 Å². The van der Waals surface area contributed by atoms with Gasteiger partial charge in [-0.1, -0.05) is 29.3 Å². The third-order valence-corrected chi connectivity index (χ3v) is 4.66. The van der Waals surface area contributed by atoms with E-state index >= 15 is 0 Å². The number of benzene rings is 2. The molecule has 0 amide bonds. The van der Waals surface area contributed by atoms with Crippen LogP contribution >= 0.6 is 23.2 Å². The number of ether oxygens (including phenoxy) is 1. The monoisotopic (exact) mass is 415 g/mol. The maximum Gasteiger partial charge on any atom is 0.281 e. The number of fused-ring (bicyclic) bond motifs is 1. The van der Waals surface area contributed by atoms with Crippen LogP contribution in [0.3, 0.4) is 0 Å². The fourth-order valence-electron chi connectivity index (χ4n) is 2.79. The number of rotatable bonds is 3. The summed E-state index contributed by atoms with van der Waals surface area (Å²) in [5.41, 5.74) is 1.48. The molecule has 8 heteroatoms. The Morgan fingerprint density at radius 1 is 1.07 bits per heavy atom. The highest BCUT2D eigenvalue weighted by Crippen LogP contribution is 2.31. The summed E-state index contributed by atoms with van der Waals surface area (Å²) in [6, 6.07) is 12.6. The molecule has 2 aromatic heterocycles. The van der Waals surface area contributed by atoms with E-state index in [2.05, 4.69) is 10.1 Å². The third-order valence-electron chi connectivity index (χ3n) is 4.09. The Balaban J connectivity index is 1.83. The van der Waals surface area contributed by atoms with Gasteiger partial charge in [0.05, 0.1) is 11.1 Å². The van der Waals surface area contributed by atoms with Crippen LogP contribution in [-0.2, 0) is 0 Å². The van der Waals surface area contributed by atoms with Gasteiger partial charge in [-0.3, -0.25) is 4.79 Å². The maximum absolute atomic E-state index is 14.0. The summed E-state index contributed by atoms with van der Waals surface area (Å²) < 4.78 is 20.9. The van der Waals surface area contributed by atoms with Crippen LogP contribution < -0.4 is 10.3 Å². The average molecular weight is 416 g/mol. The van der Waals surface area contributed by atoms with Crippen molar-refractivity contribution in [3.05, 3.63) is 86.6 Å². The summed E-state index contributed by atoms with van der Waals surface area (Å²) in [5.74, 6) is -0.306. The summed E-state index contributed by atoms with van der Waals surface area (Å²) >= 11 is 12.3. The van der Waals surface area contributed by atoms with Gasteiger partial charge in [0.1, 0.15) is 6.33 Å². The van der Waals surface area contributed by atoms with Crippen LogP contribution in [0.1, 0.15) is 5.56 Å². The molecule has 0 unspecified atom stereocenters. The number of halogens is 3. The van der Waals surface area contributed by atoms with E-state index in [0.29, 0.717) is 21.1 Å². The van der Waals surface area contributed by atoms with Gasteiger partial charge in [0, 0.05) is 21.7 Å². The Hall–Kier alpha value is -2.96. The van der Waals surface area contributed by atoms with Crippen molar-refractivity contribution in [3.63, 3.8) is 0 Å². The zero-order chi connectivity index (χ0) is 19.8. The quantitative estimate of drug-likeness (QED) is 0.455. The van der Waals surface area contributed by atoms with Crippen LogP contribution in [0.2, 0.25) is 10.0 Å². The molecule has 0 N–H and O–H groups in total. The van der Waals surface area contributed by atoms with Gasteiger partial charge in [0.2, 0.25) is 5.88 Å². The van der Waals surface area contributed by atoms with E-state index in [1.165, 1.54) is 29.0 Å². The van der Waals surface area contributed by atoms with E-state index in [0.717, 1.165) is 5.56 Å². The lowest BCUT2D eigenvalue weighted by Gasteiger charge is -2.11. The molecule has 0 aliphatic heterocycles. The van der Waals surface area contributed by atoms with Crippen molar-refractivity contribution in [2.45, 2.75) is 6.92 Å². The zero-order valence-electron chi connectivity index (χ0n) is 14.5. The molecule has 0 bridgehead atoms. The van der Waals surface area contributed by atoms with E-state index < -0.39 is 11.4 Å². The molecule has 2 heterocycles. The van der Waals surface area contributed by atoms with Crippen molar-refractivity contribution >= 4 is 28.7 Å². The van der Waals surface area contributed by atoms with Crippen molar-refractivity contribution in [3.8, 4) is 22.8 Å². The zero-order valence-corrected chi connectivity index (χ0v) is 16.0. The van der Waals surface area contributed by atoms with E-state index in [9.17, 15) is 9.18 Å². The highest BCUT2D eigenvalue weighted by Gasteiger charge is 2.15. The molecule has 0 saturated heterocycles. The van der Waals surface area contributed by atoms with E-state index in [1.54, 1.807) is 37.3 Å². The number of nitrogens with zero attached hydrogens (tertiary/aromatic N) is 3. The Kier molecular flexibility index (Phi) is 4.75. The van der Waals surface area contributed by atoms with Gasteiger partial charge in [-0.15, -0.1) is 5.10 Å². The number of hydrogen-bond donors (Lipinski definition) is 0. The molecular formula is C20H12Cl2FN3O2. The van der Waals surface area contributed by atoms with Gasteiger partial charge in [-0.25, -0.2) is 8.91 Å². The van der Waals surface area contributed by atoms with Crippen molar-refractivity contribution in [1.29, 1.82) is 0 Å². The minimum Gasteiger partial charge on any atom is -0.435 e. The normalized spacial score (nSPS) is 11.0. The molecule has 4 rings (SSSR count). The van der Waals surface area contributed by atoms with E-state index in [4.69, 9.17) is 27.9 Å². The molecule has 5 nitrogen and oxygen atoms in total. The SMILES string of the molecule is Cc1ccc(Oc2ccc3c(-c4cc(Cl)ccc4Cl)c(=O)ncn3n2)c(F)c1. The van der Waals surface area contributed by atoms with E-state index in [-0.39, 0.29) is 17.2 Å². The molecule has 0 saturated carbocycles. The Morgan fingerprint density at radius 3 is 2.68 bits per heavy atom. The van der Waals surface area contributed by atoms with Gasteiger partial charge < -0.3 is 4.74 Å². The second-order valence-electron chi connectivity index (χ2n) is 6.09. The Labute approximate surface area is 168 Å². The highest BCUT2D eigenvalue weighted by atomic mass is 35.5. The summed E-state index contributed by atoms with van der Waals surface area (Å²) in [6.07, 6.45) is 1.26. The lowest BCUT2D eigenvalue weighted by atomic mass is 10.1. The average Bonchev–Trinajstić information content (AvgIpc) is 2.66. The molecule has 0 radical (unpaired) electrons. The number of hydrogen-bond acceptors (Lipinski definition) is 4. The maximum atomic E-state index is 14.0. The third kappa shape index (κ3) is 3.44. The topological polar surface area (TPSA) is 56.5 Å². The van der Waals surface area contributed by atoms with Crippen molar-refractivity contribution in [1.82, 2.24) is 14.6 Å². The van der Waals surface area contributed by atoms with Crippen molar-refractivity contribution < 1.29 is 9.13 Å². The van der Waals surface area contributed by atoms with Crippen LogP contribution in [-0.4, -0.2) is 14.6 Å². The smallest absolute Gasteiger partial charge is 0.281 e. The van der Waals surface area contributed by atoms with Crippen LogP contribution in [0.4, 0.5) is 4.39 Å². The standard InChI is InChI=1S/C20H12Cl2FN3O2/c1-11-2-6-17(15(23)8-11)28-18-7-5-16-19(20(27)24-10-26(16)25-18)13-9-12(21)3-4-14(13)22/h2-10H,1H3. The summed E-state index contributed by atoms with van der Waals surface area (Å²) in [7, 11) is 0. The van der Waals surface area contributed by atoms with Gasteiger partial charge >= 0.3 is 0 Å². The molecule has 0 atom stereocenters. The van der Waals surface area contributed by atoms with Crippen LogP contribution in [0.15, 0.2) is 59.7 Å². The molecule has 28 heavy (non-hydrogen) atoms. The fourth-order valence-corrected chi connectivity index (χ4v) is 3.17. The first-order chi connectivity index (χ1) is 13.4. The largest absolute Gasteiger partial charge is 0.435 e. The molecule has 0 spiro atoms.